The lowest BCUT2D eigenvalue weighted by molar-refractivity contribution is -0.138. The van der Waals surface area contributed by atoms with Crippen LogP contribution in [0.1, 0.15) is 29.5 Å². The molecule has 1 atom stereocenters. The number of benzene rings is 1. The van der Waals surface area contributed by atoms with Gasteiger partial charge in [-0.15, -0.1) is 0 Å². The van der Waals surface area contributed by atoms with Gasteiger partial charge in [-0.2, -0.15) is 8.42 Å². The Morgan fingerprint density at radius 1 is 1.23 bits per heavy atom. The Morgan fingerprint density at radius 2 is 1.82 bits per heavy atom. The van der Waals surface area contributed by atoms with E-state index in [-0.39, 0.29) is 29.9 Å². The molecular weight excluding hydrogens is 310 g/mol. The van der Waals surface area contributed by atoms with Gasteiger partial charge in [-0.1, -0.05) is 6.07 Å². The van der Waals surface area contributed by atoms with Gasteiger partial charge in [0.05, 0.1) is 4.90 Å². The molecule has 0 aliphatic rings. The molecule has 0 unspecified atom stereocenters. The van der Waals surface area contributed by atoms with Crippen LogP contribution in [0.3, 0.4) is 0 Å². The highest BCUT2D eigenvalue weighted by Crippen LogP contribution is 2.21. The summed E-state index contributed by atoms with van der Waals surface area (Å²) in [6, 6.07) is 1.75. The van der Waals surface area contributed by atoms with Crippen molar-refractivity contribution in [3.05, 3.63) is 28.8 Å². The van der Waals surface area contributed by atoms with Crippen molar-refractivity contribution >= 4 is 21.9 Å². The molecule has 0 bridgehead atoms. The molecule has 0 aromatic heterocycles. The highest BCUT2D eigenvalue weighted by molar-refractivity contribution is 7.85. The second-order valence-corrected chi connectivity index (χ2v) is 6.61. The van der Waals surface area contributed by atoms with Crippen LogP contribution >= 0.6 is 0 Å². The predicted octanol–water partition coefficient (Wildman–Crippen LogP) is 0.854. The first-order valence-electron chi connectivity index (χ1n) is 6.60. The second kappa shape index (κ2) is 6.99. The first-order valence-corrected chi connectivity index (χ1v) is 8.04. The highest BCUT2D eigenvalue weighted by atomic mass is 32.2. The van der Waals surface area contributed by atoms with Crippen LogP contribution < -0.4 is 5.73 Å². The van der Waals surface area contributed by atoms with Crippen molar-refractivity contribution in [2.45, 2.75) is 44.0 Å². The molecule has 0 amide bonds. The Labute approximate surface area is 128 Å². The summed E-state index contributed by atoms with van der Waals surface area (Å²) in [5, 5.41) is 8.65. The average Bonchev–Trinajstić information content (AvgIpc) is 2.37. The lowest BCUT2D eigenvalue weighted by Gasteiger charge is -2.11. The van der Waals surface area contributed by atoms with Gasteiger partial charge in [0.15, 0.2) is 0 Å². The van der Waals surface area contributed by atoms with Gasteiger partial charge in [-0.25, -0.2) is 0 Å². The monoisotopic (exact) mass is 329 g/mol. The number of rotatable bonds is 7. The van der Waals surface area contributed by atoms with Crippen LogP contribution in [-0.2, 0) is 26.1 Å². The standard InChI is InChI=1S/C14H19NO6S/c1-8-5-9(2)13(22(19,20)21)7-10(8)6-11(16)3-4-12(15)14(17)18/h5,7,12H,3-4,6,15H2,1-2H3,(H,17,18)(H,19,20,21)/t12-/m0/s1. The maximum absolute atomic E-state index is 11.9. The molecule has 0 aliphatic carbocycles. The molecule has 22 heavy (non-hydrogen) atoms. The van der Waals surface area contributed by atoms with Crippen molar-refractivity contribution in [3.63, 3.8) is 0 Å². The number of nitrogens with two attached hydrogens (primary N) is 1. The molecule has 0 spiro atoms. The summed E-state index contributed by atoms with van der Waals surface area (Å²) in [5.74, 6) is -1.42. The van der Waals surface area contributed by atoms with Crippen LogP contribution in [0.15, 0.2) is 17.0 Å². The summed E-state index contributed by atoms with van der Waals surface area (Å²) in [6.07, 6.45) is -0.0345. The van der Waals surface area contributed by atoms with E-state index in [0.717, 1.165) is 5.56 Å². The maximum atomic E-state index is 11.9. The molecule has 0 saturated carbocycles. The number of carboxylic acid groups (broad SMARTS) is 1. The molecule has 8 heteroatoms. The number of carbonyl (C=O) groups is 2. The molecule has 1 aromatic rings. The van der Waals surface area contributed by atoms with Crippen LogP contribution in [0.25, 0.3) is 0 Å². The third-order valence-electron chi connectivity index (χ3n) is 3.35. The van der Waals surface area contributed by atoms with Crippen LogP contribution in [0.5, 0.6) is 0 Å². The molecule has 122 valence electrons. The smallest absolute Gasteiger partial charge is 0.320 e. The fraction of sp³-hybridized carbons (Fsp3) is 0.429. The van der Waals surface area contributed by atoms with E-state index in [2.05, 4.69) is 0 Å². The largest absolute Gasteiger partial charge is 0.480 e. The number of carboxylic acids is 1. The van der Waals surface area contributed by atoms with Crippen LogP contribution in [0.4, 0.5) is 0 Å². The molecule has 0 radical (unpaired) electrons. The maximum Gasteiger partial charge on any atom is 0.320 e. The second-order valence-electron chi connectivity index (χ2n) is 5.22. The quantitative estimate of drug-likeness (QED) is 0.631. The van der Waals surface area contributed by atoms with Gasteiger partial charge in [0.2, 0.25) is 0 Å². The number of carbonyl (C=O) groups excluding carboxylic acids is 1. The summed E-state index contributed by atoms with van der Waals surface area (Å²) >= 11 is 0. The minimum absolute atomic E-state index is 0.0119. The molecule has 7 nitrogen and oxygen atoms in total. The zero-order valence-corrected chi connectivity index (χ0v) is 13.2. The van der Waals surface area contributed by atoms with E-state index >= 15 is 0 Å². The molecule has 1 aromatic carbocycles. The fourth-order valence-electron chi connectivity index (χ4n) is 2.08. The van der Waals surface area contributed by atoms with E-state index < -0.39 is 22.1 Å². The molecule has 0 aliphatic heterocycles. The normalized spacial score (nSPS) is 12.9. The minimum Gasteiger partial charge on any atom is -0.480 e. The van der Waals surface area contributed by atoms with Gasteiger partial charge in [0.1, 0.15) is 11.8 Å². The van der Waals surface area contributed by atoms with Crippen molar-refractivity contribution in [1.29, 1.82) is 0 Å². The van der Waals surface area contributed by atoms with Gasteiger partial charge in [-0.05, 0) is 43.0 Å². The first-order chi connectivity index (χ1) is 10.0. The summed E-state index contributed by atoms with van der Waals surface area (Å²) in [7, 11) is -4.35. The molecule has 1 rings (SSSR count). The van der Waals surface area contributed by atoms with Gasteiger partial charge >= 0.3 is 5.97 Å². The lowest BCUT2D eigenvalue weighted by Crippen LogP contribution is -2.30. The zero-order valence-electron chi connectivity index (χ0n) is 12.4. The van der Waals surface area contributed by atoms with Crippen LogP contribution in [0.2, 0.25) is 0 Å². The molecule has 0 heterocycles. The lowest BCUT2D eigenvalue weighted by atomic mass is 9.98. The Morgan fingerprint density at radius 3 is 2.32 bits per heavy atom. The number of hydrogen-bond donors (Lipinski definition) is 3. The van der Waals surface area contributed by atoms with E-state index in [0.29, 0.717) is 11.1 Å². The predicted molar refractivity (Wildman–Crippen MR) is 79.3 cm³/mol. The van der Waals surface area contributed by atoms with E-state index in [4.69, 9.17) is 15.4 Å². The Kier molecular flexibility index (Phi) is 5.81. The Hall–Kier alpha value is -1.77. The summed E-state index contributed by atoms with van der Waals surface area (Å²) in [6.45, 7) is 3.28. The molecule has 4 N–H and O–H groups in total. The molecule has 0 fully saturated rings. The molecule has 0 saturated heterocycles. The molecular formula is C14H19NO6S. The number of aryl methyl sites for hydroxylation is 2. The van der Waals surface area contributed by atoms with Crippen molar-refractivity contribution in [2.24, 2.45) is 5.73 Å². The minimum atomic E-state index is -4.35. The summed E-state index contributed by atoms with van der Waals surface area (Å²) < 4.78 is 31.7. The fourth-order valence-corrected chi connectivity index (χ4v) is 2.84. The summed E-state index contributed by atoms with van der Waals surface area (Å²) in [4.78, 5) is 22.2. The van der Waals surface area contributed by atoms with Crippen LogP contribution in [0, 0.1) is 13.8 Å². The first kappa shape index (κ1) is 18.3. The average molecular weight is 329 g/mol. The number of ketones is 1. The topological polar surface area (TPSA) is 135 Å². The van der Waals surface area contributed by atoms with Crippen molar-refractivity contribution < 1.29 is 27.7 Å². The van der Waals surface area contributed by atoms with E-state index in [1.165, 1.54) is 6.07 Å². The van der Waals surface area contributed by atoms with Crippen molar-refractivity contribution in [2.75, 3.05) is 0 Å². The number of aliphatic carboxylic acids is 1. The van der Waals surface area contributed by atoms with Crippen LogP contribution in [-0.4, -0.2) is 35.9 Å². The zero-order chi connectivity index (χ0) is 17.1. The third kappa shape index (κ3) is 4.90. The Balaban J connectivity index is 2.90. The SMILES string of the molecule is Cc1cc(C)c(S(=O)(=O)O)cc1CC(=O)CC[C@H](N)C(=O)O. The van der Waals surface area contributed by atoms with Gasteiger partial charge < -0.3 is 10.8 Å². The third-order valence-corrected chi connectivity index (χ3v) is 4.35. The van der Waals surface area contributed by atoms with Gasteiger partial charge in [-0.3, -0.25) is 14.1 Å². The summed E-state index contributed by atoms with van der Waals surface area (Å²) in [5.41, 5.74) is 6.92. The van der Waals surface area contributed by atoms with Crippen molar-refractivity contribution in [3.8, 4) is 0 Å². The van der Waals surface area contributed by atoms with E-state index in [9.17, 15) is 18.0 Å². The van der Waals surface area contributed by atoms with Gasteiger partial charge in [0.25, 0.3) is 10.1 Å². The highest BCUT2D eigenvalue weighted by Gasteiger charge is 2.18. The number of Topliss-reactive ketones (excluding diaryl/α,β-unsaturated/α-hetero) is 1. The van der Waals surface area contributed by atoms with E-state index in [1.54, 1.807) is 19.9 Å². The van der Waals surface area contributed by atoms with E-state index in [1.807, 2.05) is 0 Å². The number of hydrogen-bond acceptors (Lipinski definition) is 5. The van der Waals surface area contributed by atoms with Crippen molar-refractivity contribution in [1.82, 2.24) is 0 Å². The Bertz CT molecular complexity index is 696. The van der Waals surface area contributed by atoms with Gasteiger partial charge in [0, 0.05) is 12.8 Å².